The van der Waals surface area contributed by atoms with E-state index in [4.69, 9.17) is 10.2 Å². The lowest BCUT2D eigenvalue weighted by Gasteiger charge is -2.19. The highest BCUT2D eigenvalue weighted by atomic mass is 16.3. The smallest absolute Gasteiger partial charge is 0.0652 e. The molecule has 0 aromatic heterocycles. The molecule has 0 spiro atoms. The molecule has 52 heavy (non-hydrogen) atoms. The normalized spacial score (nSPS) is 12.7. The Morgan fingerprint density at radius 1 is 0.481 bits per heavy atom. The summed E-state index contributed by atoms with van der Waals surface area (Å²) in [6, 6.07) is 0. The summed E-state index contributed by atoms with van der Waals surface area (Å²) in [5.41, 5.74) is 0.294. The first-order valence-electron chi connectivity index (χ1n) is 22.2. The summed E-state index contributed by atoms with van der Waals surface area (Å²) in [5, 5.41) is 26.0. The lowest BCUT2D eigenvalue weighted by molar-refractivity contribution is 0.124. The van der Waals surface area contributed by atoms with Gasteiger partial charge in [0.15, 0.2) is 0 Å². The molecule has 3 N–H and O–H groups in total. The topological polar surface area (TPSA) is 60.7 Å². The Bertz CT molecular complexity index is 575. The largest absolute Gasteiger partial charge is 0.396 e. The van der Waals surface area contributed by atoms with E-state index < -0.39 is 0 Å². The van der Waals surface area contributed by atoms with Crippen LogP contribution in [0.2, 0.25) is 0 Å². The number of rotatable bonds is 17. The molecular weight excluding hydrogens is 637 g/mol. The summed E-state index contributed by atoms with van der Waals surface area (Å²) in [5.74, 6) is 6.52. The number of hydrogen-bond acceptors (Lipinski definition) is 3. The van der Waals surface area contributed by atoms with Crippen LogP contribution in [-0.2, 0) is 0 Å². The Balaban J connectivity index is -0.0000000914. The van der Waals surface area contributed by atoms with E-state index in [2.05, 4.69) is 145 Å². The molecule has 3 nitrogen and oxygen atoms in total. The monoisotopic (exact) mass is 749 g/mol. The van der Waals surface area contributed by atoms with Crippen LogP contribution in [0.4, 0.5) is 0 Å². The van der Waals surface area contributed by atoms with Gasteiger partial charge in [-0.25, -0.2) is 0 Å². The van der Waals surface area contributed by atoms with Crippen molar-refractivity contribution in [3.05, 3.63) is 0 Å². The van der Waals surface area contributed by atoms with Crippen molar-refractivity contribution in [3.63, 3.8) is 0 Å². The molecule has 1 rings (SSSR count). The van der Waals surface area contributed by atoms with Gasteiger partial charge in [0.1, 0.15) is 0 Å². The Morgan fingerprint density at radius 2 is 0.865 bits per heavy atom. The predicted octanol–water partition coefficient (Wildman–Crippen LogP) is 16.5. The first kappa shape index (κ1) is 66.7. The van der Waals surface area contributed by atoms with Crippen molar-refractivity contribution in [3.8, 4) is 0 Å². The van der Waals surface area contributed by atoms with Crippen molar-refractivity contribution in [2.45, 2.75) is 255 Å². The standard InChI is InChI=1S/C9H20O.C8H18.C7H14O.2C7H16.C5H12O.C5H12.CH4/c1-9(2)7-5-3-4-6-8-10;1-7(2)6-8(3,4)5;1-6(2)5-7(8)3-4-7;1-6(2)5-7(3)4;1-4-5-6-7(2)3;1-5(2)3-4-6;1-4-5(2)3;/h9-10H,3-8H2,1-2H3;7H,6H2,1-5H3;6,8H,3-5H2,1-2H3;6-7H,5H2,1-4H3;7H,4-6H2,1-3H3;5-6H,3-4H2,1-2H3;5H,4H2,1-3H3;1H4. The Hall–Kier alpha value is -0.120. The fourth-order valence-electron chi connectivity index (χ4n) is 5.16. The molecule has 0 aliphatic heterocycles. The van der Waals surface area contributed by atoms with E-state index in [1.54, 1.807) is 0 Å². The maximum Gasteiger partial charge on any atom is 0.0652 e. The van der Waals surface area contributed by atoms with E-state index >= 15 is 0 Å². The SMILES string of the molecule is C.CC(C)CC(C)(C)C.CC(C)CC(C)C.CC(C)CC1(O)CC1.CC(C)CCCCCCO.CC(C)CCO.CCC(C)C.CCCCC(C)C. The third-order valence-corrected chi connectivity index (χ3v) is 7.93. The number of aliphatic hydroxyl groups is 3. The molecule has 1 aliphatic rings. The molecule has 0 atom stereocenters. The van der Waals surface area contributed by atoms with Gasteiger partial charge in [0.2, 0.25) is 0 Å². The van der Waals surface area contributed by atoms with Gasteiger partial charge in [-0.15, -0.1) is 0 Å². The van der Waals surface area contributed by atoms with E-state index in [0.717, 1.165) is 67.6 Å². The van der Waals surface area contributed by atoms with Crippen LogP contribution < -0.4 is 0 Å². The van der Waals surface area contributed by atoms with Crippen LogP contribution in [0.1, 0.15) is 249 Å². The molecule has 3 heteroatoms. The number of aliphatic hydroxyl groups excluding tert-OH is 2. The van der Waals surface area contributed by atoms with E-state index in [0.29, 0.717) is 30.5 Å². The lowest BCUT2D eigenvalue weighted by Crippen LogP contribution is -2.09. The molecule has 0 amide bonds. The fraction of sp³-hybridized carbons (Fsp3) is 1.00. The van der Waals surface area contributed by atoms with Crippen LogP contribution in [0.25, 0.3) is 0 Å². The van der Waals surface area contributed by atoms with Crippen LogP contribution >= 0.6 is 0 Å². The molecular formula is C49H112O3. The van der Waals surface area contributed by atoms with Crippen molar-refractivity contribution >= 4 is 0 Å². The van der Waals surface area contributed by atoms with Gasteiger partial charge in [-0.1, -0.05) is 204 Å². The van der Waals surface area contributed by atoms with E-state index in [9.17, 15) is 5.11 Å². The Morgan fingerprint density at radius 3 is 1.00 bits per heavy atom. The first-order chi connectivity index (χ1) is 23.2. The van der Waals surface area contributed by atoms with E-state index in [1.165, 1.54) is 64.2 Å². The van der Waals surface area contributed by atoms with Gasteiger partial charge in [0, 0.05) is 13.2 Å². The van der Waals surface area contributed by atoms with Gasteiger partial charge in [-0.3, -0.25) is 0 Å². The second-order valence-corrected chi connectivity index (χ2v) is 20.1. The predicted molar refractivity (Wildman–Crippen MR) is 245 cm³/mol. The molecule has 1 aliphatic carbocycles. The quantitative estimate of drug-likeness (QED) is 0.130. The average Bonchev–Trinajstić information content (AvgIpc) is 3.66. The third kappa shape index (κ3) is 98.0. The van der Waals surface area contributed by atoms with Crippen molar-refractivity contribution in [1.29, 1.82) is 0 Å². The third-order valence-electron chi connectivity index (χ3n) is 7.93. The first-order valence-corrected chi connectivity index (χ1v) is 22.2. The zero-order valence-electron chi connectivity index (χ0n) is 40.0. The molecule has 326 valence electrons. The van der Waals surface area contributed by atoms with E-state index in [-0.39, 0.29) is 13.0 Å². The van der Waals surface area contributed by atoms with Crippen LogP contribution in [0.3, 0.4) is 0 Å². The average molecular weight is 749 g/mol. The summed E-state index contributed by atoms with van der Waals surface area (Å²) in [4.78, 5) is 0. The van der Waals surface area contributed by atoms with Gasteiger partial charge >= 0.3 is 0 Å². The highest BCUT2D eigenvalue weighted by Gasteiger charge is 2.40. The van der Waals surface area contributed by atoms with Gasteiger partial charge in [-0.2, -0.15) is 0 Å². The zero-order valence-corrected chi connectivity index (χ0v) is 40.0. The summed E-state index contributed by atoms with van der Waals surface area (Å²) >= 11 is 0. The Kier molecular flexibility index (Phi) is 58.1. The highest BCUT2D eigenvalue weighted by molar-refractivity contribution is 4.93. The van der Waals surface area contributed by atoms with Gasteiger partial charge < -0.3 is 15.3 Å². The highest BCUT2D eigenvalue weighted by Crippen LogP contribution is 2.40. The molecule has 1 saturated carbocycles. The molecule has 0 unspecified atom stereocenters. The second-order valence-electron chi connectivity index (χ2n) is 20.1. The minimum atomic E-state index is -0.228. The minimum absolute atomic E-state index is 0. The van der Waals surface area contributed by atoms with Gasteiger partial charge in [0.05, 0.1) is 5.60 Å². The minimum Gasteiger partial charge on any atom is -0.396 e. The molecule has 0 aromatic rings. The molecule has 1 fully saturated rings. The summed E-state index contributed by atoms with van der Waals surface area (Å²) in [7, 11) is 0. The molecule has 0 saturated heterocycles. The molecule has 0 heterocycles. The van der Waals surface area contributed by atoms with Crippen molar-refractivity contribution in [2.75, 3.05) is 13.2 Å². The molecule has 0 bridgehead atoms. The maximum atomic E-state index is 9.30. The van der Waals surface area contributed by atoms with E-state index in [1.807, 2.05) is 0 Å². The lowest BCUT2D eigenvalue weighted by atomic mass is 9.86. The fourth-order valence-corrected chi connectivity index (χ4v) is 5.16. The van der Waals surface area contributed by atoms with Gasteiger partial charge in [0.25, 0.3) is 0 Å². The molecule has 0 radical (unpaired) electrons. The van der Waals surface area contributed by atoms with Gasteiger partial charge in [-0.05, 0) is 97.7 Å². The van der Waals surface area contributed by atoms with Crippen LogP contribution in [0.5, 0.6) is 0 Å². The van der Waals surface area contributed by atoms with Crippen molar-refractivity contribution in [2.24, 2.45) is 52.8 Å². The van der Waals surface area contributed by atoms with Crippen molar-refractivity contribution < 1.29 is 15.3 Å². The Labute approximate surface area is 335 Å². The summed E-state index contributed by atoms with van der Waals surface area (Å²) in [6.07, 6.45) is 18.3. The summed E-state index contributed by atoms with van der Waals surface area (Å²) < 4.78 is 0. The molecule has 0 aromatic carbocycles. The number of unbranched alkanes of at least 4 members (excludes halogenated alkanes) is 4. The number of hydrogen-bond donors (Lipinski definition) is 3. The van der Waals surface area contributed by atoms with Crippen molar-refractivity contribution in [1.82, 2.24) is 0 Å². The van der Waals surface area contributed by atoms with Crippen LogP contribution in [0, 0.1) is 52.8 Å². The van der Waals surface area contributed by atoms with Crippen LogP contribution in [0.15, 0.2) is 0 Å². The maximum absolute atomic E-state index is 9.30. The van der Waals surface area contributed by atoms with Crippen LogP contribution in [-0.4, -0.2) is 34.1 Å². The second kappa shape index (κ2) is 45.3. The summed E-state index contributed by atoms with van der Waals surface area (Å²) in [6.45, 7) is 47.6. The zero-order chi connectivity index (χ0) is 41.6.